The fourth-order valence-electron chi connectivity index (χ4n) is 3.55. The van der Waals surface area contributed by atoms with Crippen LogP contribution in [0.4, 0.5) is 0 Å². The molecule has 4 rings (SSSR count). The molecular weight excluding hydrogens is 382 g/mol. The van der Waals surface area contributed by atoms with Gasteiger partial charge in [0.15, 0.2) is 5.76 Å². The van der Waals surface area contributed by atoms with Crippen LogP contribution in [0, 0.1) is 6.92 Å². The van der Waals surface area contributed by atoms with Crippen LogP contribution in [0.3, 0.4) is 0 Å². The Labute approximate surface area is 175 Å². The van der Waals surface area contributed by atoms with E-state index in [-0.39, 0.29) is 18.2 Å². The predicted octanol–water partition coefficient (Wildman–Crippen LogP) is 1.85. The van der Waals surface area contributed by atoms with E-state index in [1.165, 1.54) is 6.26 Å². The summed E-state index contributed by atoms with van der Waals surface area (Å²) in [6.07, 6.45) is 1.74. The van der Waals surface area contributed by atoms with E-state index in [1.807, 2.05) is 48.0 Å². The van der Waals surface area contributed by atoms with Gasteiger partial charge in [0.2, 0.25) is 5.91 Å². The van der Waals surface area contributed by atoms with Crippen molar-refractivity contribution in [1.29, 1.82) is 0 Å². The Kier molecular flexibility index (Phi) is 5.94. The molecule has 0 atom stereocenters. The topological polar surface area (TPSA) is 83.6 Å². The third-order valence-electron chi connectivity index (χ3n) is 5.17. The molecule has 8 nitrogen and oxygen atoms in total. The zero-order valence-corrected chi connectivity index (χ0v) is 17.0. The number of nitrogens with zero attached hydrogens (tertiary/aromatic N) is 4. The van der Waals surface area contributed by atoms with Crippen molar-refractivity contribution in [3.63, 3.8) is 0 Å². The SMILES string of the molecule is Cc1cc(CC(=O)NCN2CCN(C(=O)c3ccco3)CC2)nn1-c1ccccc1. The van der Waals surface area contributed by atoms with Crippen LogP contribution >= 0.6 is 0 Å². The zero-order chi connectivity index (χ0) is 20.9. The maximum Gasteiger partial charge on any atom is 0.289 e. The molecule has 1 N–H and O–H groups in total. The number of rotatable bonds is 6. The number of piperazine rings is 1. The molecule has 1 aromatic carbocycles. The summed E-state index contributed by atoms with van der Waals surface area (Å²) in [5.74, 6) is 0.205. The summed E-state index contributed by atoms with van der Waals surface area (Å²) in [6.45, 7) is 5.06. The summed E-state index contributed by atoms with van der Waals surface area (Å²) >= 11 is 0. The Bertz CT molecular complexity index is 989. The molecule has 1 saturated heterocycles. The number of nitrogens with one attached hydrogen (secondary N) is 1. The number of hydrogen-bond acceptors (Lipinski definition) is 5. The van der Waals surface area contributed by atoms with Gasteiger partial charge in [0, 0.05) is 31.9 Å². The quantitative estimate of drug-likeness (QED) is 0.674. The molecule has 0 radical (unpaired) electrons. The fourth-order valence-corrected chi connectivity index (χ4v) is 3.55. The van der Waals surface area contributed by atoms with Gasteiger partial charge in [0.1, 0.15) is 0 Å². The third kappa shape index (κ3) is 4.60. The van der Waals surface area contributed by atoms with E-state index in [4.69, 9.17) is 4.42 Å². The molecule has 3 heterocycles. The maximum atomic E-state index is 12.4. The molecule has 0 aliphatic carbocycles. The van der Waals surface area contributed by atoms with Gasteiger partial charge in [-0.1, -0.05) is 18.2 Å². The molecule has 8 heteroatoms. The maximum absolute atomic E-state index is 12.4. The van der Waals surface area contributed by atoms with Crippen LogP contribution in [0.1, 0.15) is 21.9 Å². The standard InChI is InChI=1S/C22H25N5O3/c1-17-14-18(24-27(17)19-6-3-2-4-7-19)15-21(28)23-16-25-9-11-26(12-10-25)22(29)20-8-5-13-30-20/h2-8,13-14H,9-12,15-16H2,1H3,(H,23,28). The summed E-state index contributed by atoms with van der Waals surface area (Å²) < 4.78 is 7.02. The second-order valence-electron chi connectivity index (χ2n) is 7.35. The van der Waals surface area contributed by atoms with Crippen LogP contribution in [-0.4, -0.2) is 64.2 Å². The number of furan rings is 1. The first-order chi connectivity index (χ1) is 14.6. The van der Waals surface area contributed by atoms with Gasteiger partial charge >= 0.3 is 0 Å². The van der Waals surface area contributed by atoms with Crippen molar-refractivity contribution in [1.82, 2.24) is 24.9 Å². The number of hydrogen-bond donors (Lipinski definition) is 1. The Morgan fingerprint density at radius 3 is 2.53 bits per heavy atom. The van der Waals surface area contributed by atoms with Crippen LogP contribution in [0.2, 0.25) is 0 Å². The van der Waals surface area contributed by atoms with Gasteiger partial charge in [-0.15, -0.1) is 0 Å². The van der Waals surface area contributed by atoms with Crippen molar-refractivity contribution in [2.45, 2.75) is 13.3 Å². The Hall–Kier alpha value is -3.39. The highest BCUT2D eigenvalue weighted by Gasteiger charge is 2.23. The summed E-state index contributed by atoms with van der Waals surface area (Å²) in [6, 6.07) is 15.2. The van der Waals surface area contributed by atoms with E-state index >= 15 is 0 Å². The molecule has 0 bridgehead atoms. The first-order valence-corrected chi connectivity index (χ1v) is 10.0. The highest BCUT2D eigenvalue weighted by atomic mass is 16.3. The largest absolute Gasteiger partial charge is 0.459 e. The molecule has 1 fully saturated rings. The first kappa shape index (κ1) is 19.9. The van der Waals surface area contributed by atoms with E-state index < -0.39 is 0 Å². The van der Waals surface area contributed by atoms with E-state index in [9.17, 15) is 9.59 Å². The number of para-hydroxylation sites is 1. The van der Waals surface area contributed by atoms with Gasteiger partial charge in [0.25, 0.3) is 5.91 Å². The summed E-state index contributed by atoms with van der Waals surface area (Å²) in [4.78, 5) is 28.6. The average Bonchev–Trinajstić information content (AvgIpc) is 3.43. The van der Waals surface area contributed by atoms with Gasteiger partial charge in [0.05, 0.1) is 30.7 Å². The normalized spacial score (nSPS) is 14.6. The number of aryl methyl sites for hydroxylation is 1. The highest BCUT2D eigenvalue weighted by molar-refractivity contribution is 5.91. The predicted molar refractivity (Wildman–Crippen MR) is 111 cm³/mol. The summed E-state index contributed by atoms with van der Waals surface area (Å²) in [5.41, 5.74) is 2.70. The number of aromatic nitrogens is 2. The van der Waals surface area contributed by atoms with Crippen molar-refractivity contribution >= 4 is 11.8 Å². The molecule has 30 heavy (non-hydrogen) atoms. The Balaban J connectivity index is 1.24. The zero-order valence-electron chi connectivity index (χ0n) is 17.0. The second-order valence-corrected chi connectivity index (χ2v) is 7.35. The first-order valence-electron chi connectivity index (χ1n) is 10.0. The van der Waals surface area contributed by atoms with Gasteiger partial charge in [-0.05, 0) is 37.3 Å². The van der Waals surface area contributed by atoms with Crippen molar-refractivity contribution in [3.8, 4) is 5.69 Å². The molecular formula is C22H25N5O3. The van der Waals surface area contributed by atoms with Crippen molar-refractivity contribution in [3.05, 3.63) is 71.9 Å². The minimum atomic E-state index is -0.0898. The molecule has 2 aromatic heterocycles. The number of carbonyl (C=O) groups excluding carboxylic acids is 2. The Morgan fingerprint density at radius 1 is 1.07 bits per heavy atom. The third-order valence-corrected chi connectivity index (χ3v) is 5.17. The van der Waals surface area contributed by atoms with E-state index in [0.717, 1.165) is 17.1 Å². The molecule has 1 aliphatic heterocycles. The minimum Gasteiger partial charge on any atom is -0.459 e. The number of carbonyl (C=O) groups is 2. The van der Waals surface area contributed by atoms with Gasteiger partial charge < -0.3 is 14.6 Å². The van der Waals surface area contributed by atoms with Crippen LogP contribution in [0.5, 0.6) is 0 Å². The van der Waals surface area contributed by atoms with E-state index in [2.05, 4.69) is 15.3 Å². The lowest BCUT2D eigenvalue weighted by Crippen LogP contribution is -2.51. The lowest BCUT2D eigenvalue weighted by atomic mass is 10.2. The number of amides is 2. The van der Waals surface area contributed by atoms with E-state index in [1.54, 1.807) is 17.0 Å². The monoisotopic (exact) mass is 407 g/mol. The van der Waals surface area contributed by atoms with Gasteiger partial charge in [-0.25, -0.2) is 4.68 Å². The Morgan fingerprint density at radius 2 is 1.83 bits per heavy atom. The lowest BCUT2D eigenvalue weighted by Gasteiger charge is -2.34. The molecule has 156 valence electrons. The van der Waals surface area contributed by atoms with Crippen LogP contribution in [0.15, 0.2) is 59.2 Å². The molecule has 0 unspecified atom stereocenters. The number of benzene rings is 1. The highest BCUT2D eigenvalue weighted by Crippen LogP contribution is 2.12. The van der Waals surface area contributed by atoms with Gasteiger partial charge in [-0.2, -0.15) is 5.10 Å². The van der Waals surface area contributed by atoms with E-state index in [0.29, 0.717) is 38.6 Å². The van der Waals surface area contributed by atoms with Crippen molar-refractivity contribution in [2.24, 2.45) is 0 Å². The van der Waals surface area contributed by atoms with Gasteiger partial charge in [-0.3, -0.25) is 14.5 Å². The summed E-state index contributed by atoms with van der Waals surface area (Å²) in [7, 11) is 0. The van der Waals surface area contributed by atoms with Crippen LogP contribution in [-0.2, 0) is 11.2 Å². The average molecular weight is 407 g/mol. The van der Waals surface area contributed by atoms with Crippen molar-refractivity contribution in [2.75, 3.05) is 32.8 Å². The molecule has 1 aliphatic rings. The molecule has 0 saturated carbocycles. The minimum absolute atomic E-state index is 0.0678. The van der Waals surface area contributed by atoms with Crippen LogP contribution in [0.25, 0.3) is 5.69 Å². The molecule has 3 aromatic rings. The second kappa shape index (κ2) is 8.96. The fraction of sp³-hybridized carbons (Fsp3) is 0.318. The molecule has 2 amide bonds. The molecule has 0 spiro atoms. The van der Waals surface area contributed by atoms with Crippen LogP contribution < -0.4 is 5.32 Å². The smallest absolute Gasteiger partial charge is 0.289 e. The lowest BCUT2D eigenvalue weighted by molar-refractivity contribution is -0.121. The van der Waals surface area contributed by atoms with Crippen molar-refractivity contribution < 1.29 is 14.0 Å². The summed E-state index contributed by atoms with van der Waals surface area (Å²) in [5, 5.41) is 7.51.